The van der Waals surface area contributed by atoms with Crippen LogP contribution < -0.4 is 5.32 Å². The Bertz CT molecular complexity index is 481. The van der Waals surface area contributed by atoms with E-state index >= 15 is 0 Å². The van der Waals surface area contributed by atoms with E-state index in [1.165, 1.54) is 0 Å². The molecule has 7 heteroatoms. The van der Waals surface area contributed by atoms with Crippen LogP contribution in [0.5, 0.6) is 5.75 Å². The highest BCUT2D eigenvalue weighted by Gasteiger charge is 2.35. The van der Waals surface area contributed by atoms with Gasteiger partial charge in [0.05, 0.1) is 5.92 Å². The maximum absolute atomic E-state index is 13.6. The van der Waals surface area contributed by atoms with Crippen LogP contribution in [-0.2, 0) is 4.79 Å². The monoisotopic (exact) mass is 261 g/mol. The summed E-state index contributed by atoms with van der Waals surface area (Å²) in [5.74, 6) is -6.93. The summed E-state index contributed by atoms with van der Waals surface area (Å²) in [7, 11) is 0. The Morgan fingerprint density at radius 2 is 2.00 bits per heavy atom. The van der Waals surface area contributed by atoms with E-state index in [0.717, 1.165) is 0 Å². The van der Waals surface area contributed by atoms with Crippen molar-refractivity contribution in [1.82, 2.24) is 5.32 Å². The molecule has 1 fully saturated rings. The Kier molecular flexibility index (Phi) is 3.16. The number of aliphatic carboxylic acids is 1. The normalized spacial score (nSPS) is 23.3. The number of hydrogen-bond acceptors (Lipinski definition) is 3. The maximum atomic E-state index is 13.6. The Morgan fingerprint density at radius 1 is 1.33 bits per heavy atom. The second kappa shape index (κ2) is 4.49. The predicted molar refractivity (Wildman–Crippen MR) is 54.5 cm³/mol. The number of nitrogens with one attached hydrogen (secondary N) is 1. The van der Waals surface area contributed by atoms with Crippen LogP contribution in [0.3, 0.4) is 0 Å². The zero-order chi connectivity index (χ0) is 13.4. The van der Waals surface area contributed by atoms with Gasteiger partial charge in [0, 0.05) is 24.2 Å². The van der Waals surface area contributed by atoms with Crippen LogP contribution in [0.2, 0.25) is 0 Å². The van der Waals surface area contributed by atoms with E-state index in [0.29, 0.717) is 6.07 Å². The number of rotatable bonds is 2. The van der Waals surface area contributed by atoms with Crippen LogP contribution in [0.4, 0.5) is 13.2 Å². The molecule has 1 saturated heterocycles. The van der Waals surface area contributed by atoms with Crippen molar-refractivity contribution >= 4 is 5.97 Å². The third-order valence-electron chi connectivity index (χ3n) is 3.00. The Labute approximate surface area is 100 Å². The van der Waals surface area contributed by atoms with Gasteiger partial charge < -0.3 is 15.5 Å². The van der Waals surface area contributed by atoms with Gasteiger partial charge in [-0.25, -0.2) is 13.2 Å². The third kappa shape index (κ3) is 2.01. The first-order chi connectivity index (χ1) is 8.41. The molecule has 1 aromatic rings. The molecule has 0 aromatic heterocycles. The second-order valence-corrected chi connectivity index (χ2v) is 4.15. The Hall–Kier alpha value is -1.76. The molecular weight excluding hydrogens is 251 g/mol. The average molecular weight is 261 g/mol. The van der Waals surface area contributed by atoms with Crippen molar-refractivity contribution in [2.75, 3.05) is 6.54 Å². The molecule has 4 nitrogen and oxygen atoms in total. The SMILES string of the molecule is O=C(O)C1CNC(c2c(F)c(O)cc(F)c2F)C1. The second-order valence-electron chi connectivity index (χ2n) is 4.15. The zero-order valence-corrected chi connectivity index (χ0v) is 9.08. The van der Waals surface area contributed by atoms with Crippen LogP contribution in [0.15, 0.2) is 6.07 Å². The zero-order valence-electron chi connectivity index (χ0n) is 9.08. The number of phenolic OH excluding ortho intramolecular Hbond substituents is 1. The largest absolute Gasteiger partial charge is 0.505 e. The smallest absolute Gasteiger partial charge is 0.307 e. The van der Waals surface area contributed by atoms with Crippen LogP contribution in [-0.4, -0.2) is 22.7 Å². The fraction of sp³-hybridized carbons (Fsp3) is 0.364. The van der Waals surface area contributed by atoms with Gasteiger partial charge in [-0.1, -0.05) is 0 Å². The van der Waals surface area contributed by atoms with Gasteiger partial charge in [-0.15, -0.1) is 0 Å². The molecule has 2 rings (SSSR count). The van der Waals surface area contributed by atoms with Crippen molar-refractivity contribution < 1.29 is 28.2 Å². The van der Waals surface area contributed by atoms with Crippen molar-refractivity contribution in [2.24, 2.45) is 5.92 Å². The lowest BCUT2D eigenvalue weighted by Gasteiger charge is -2.14. The molecule has 1 aliphatic heterocycles. The molecule has 98 valence electrons. The van der Waals surface area contributed by atoms with E-state index < -0.39 is 46.7 Å². The number of hydrogen-bond donors (Lipinski definition) is 3. The maximum Gasteiger partial charge on any atom is 0.307 e. The van der Waals surface area contributed by atoms with Crippen molar-refractivity contribution in [3.05, 3.63) is 29.1 Å². The number of halogens is 3. The first-order valence-electron chi connectivity index (χ1n) is 5.24. The third-order valence-corrected chi connectivity index (χ3v) is 3.00. The molecule has 18 heavy (non-hydrogen) atoms. The van der Waals surface area contributed by atoms with Crippen LogP contribution in [0.1, 0.15) is 18.0 Å². The Morgan fingerprint density at radius 3 is 2.56 bits per heavy atom. The Balaban J connectivity index is 2.38. The van der Waals surface area contributed by atoms with E-state index in [9.17, 15) is 18.0 Å². The standard InChI is InChI=1S/C11H10F3NO3/c12-5-2-7(16)10(14)8(9(5)13)6-1-4(3-15-6)11(17)18/h2,4,6,15-16H,1,3H2,(H,17,18). The summed E-state index contributed by atoms with van der Waals surface area (Å²) >= 11 is 0. The van der Waals surface area contributed by atoms with E-state index in [-0.39, 0.29) is 13.0 Å². The van der Waals surface area contributed by atoms with Crippen molar-refractivity contribution in [3.8, 4) is 5.75 Å². The van der Waals surface area contributed by atoms with Gasteiger partial charge in [-0.2, -0.15) is 0 Å². The topological polar surface area (TPSA) is 69.6 Å². The molecule has 0 saturated carbocycles. The number of benzene rings is 1. The van der Waals surface area contributed by atoms with Gasteiger partial charge >= 0.3 is 5.97 Å². The van der Waals surface area contributed by atoms with E-state index in [1.54, 1.807) is 0 Å². The number of carboxylic acids is 1. The molecule has 1 aliphatic rings. The van der Waals surface area contributed by atoms with Crippen molar-refractivity contribution in [2.45, 2.75) is 12.5 Å². The summed E-state index contributed by atoms with van der Waals surface area (Å²) in [6.45, 7) is 0.0379. The highest BCUT2D eigenvalue weighted by molar-refractivity contribution is 5.70. The fourth-order valence-electron chi connectivity index (χ4n) is 2.06. The summed E-state index contributed by atoms with van der Waals surface area (Å²) < 4.78 is 40.2. The summed E-state index contributed by atoms with van der Waals surface area (Å²) in [5, 5.41) is 20.5. The fourth-order valence-corrected chi connectivity index (χ4v) is 2.06. The molecule has 0 amide bonds. The highest BCUT2D eigenvalue weighted by atomic mass is 19.2. The minimum Gasteiger partial charge on any atom is -0.505 e. The van der Waals surface area contributed by atoms with Crippen LogP contribution in [0, 0.1) is 23.4 Å². The highest BCUT2D eigenvalue weighted by Crippen LogP contribution is 2.35. The lowest BCUT2D eigenvalue weighted by molar-refractivity contribution is -0.141. The molecule has 0 spiro atoms. The minimum atomic E-state index is -1.41. The van der Waals surface area contributed by atoms with Crippen molar-refractivity contribution in [3.63, 3.8) is 0 Å². The van der Waals surface area contributed by atoms with Gasteiger partial charge in [-0.05, 0) is 6.42 Å². The molecule has 1 heterocycles. The number of carbonyl (C=O) groups is 1. The van der Waals surface area contributed by atoms with Gasteiger partial charge in [0.1, 0.15) is 0 Å². The molecule has 0 radical (unpaired) electrons. The van der Waals surface area contributed by atoms with Crippen LogP contribution in [0.25, 0.3) is 0 Å². The first kappa shape index (κ1) is 12.7. The molecule has 0 bridgehead atoms. The molecule has 0 aliphatic carbocycles. The summed E-state index contributed by atoms with van der Waals surface area (Å²) in [6, 6.07) is -0.620. The molecule has 2 atom stereocenters. The van der Waals surface area contributed by atoms with Crippen LogP contribution >= 0.6 is 0 Å². The van der Waals surface area contributed by atoms with E-state index in [4.69, 9.17) is 10.2 Å². The predicted octanol–water partition coefficient (Wildman–Crippen LogP) is 1.54. The summed E-state index contributed by atoms with van der Waals surface area (Å²) in [4.78, 5) is 10.7. The minimum absolute atomic E-state index is 0.0379. The number of carboxylic acid groups (broad SMARTS) is 1. The summed E-state index contributed by atoms with van der Waals surface area (Å²) in [6.07, 6.45) is -0.0634. The lowest BCUT2D eigenvalue weighted by atomic mass is 9.98. The number of phenols is 1. The molecule has 2 unspecified atom stereocenters. The molecule has 3 N–H and O–H groups in total. The molecular formula is C11H10F3NO3. The lowest BCUT2D eigenvalue weighted by Crippen LogP contribution is -2.18. The van der Waals surface area contributed by atoms with Gasteiger partial charge in [0.15, 0.2) is 23.2 Å². The van der Waals surface area contributed by atoms with E-state index in [2.05, 4.69) is 5.32 Å². The van der Waals surface area contributed by atoms with Gasteiger partial charge in [0.2, 0.25) is 0 Å². The average Bonchev–Trinajstić information content (AvgIpc) is 2.76. The number of aromatic hydroxyl groups is 1. The van der Waals surface area contributed by atoms with Gasteiger partial charge in [-0.3, -0.25) is 4.79 Å². The summed E-state index contributed by atoms with van der Waals surface area (Å²) in [5.41, 5.74) is -0.656. The first-order valence-corrected chi connectivity index (χ1v) is 5.24. The van der Waals surface area contributed by atoms with E-state index in [1.807, 2.05) is 0 Å². The van der Waals surface area contributed by atoms with Gasteiger partial charge in [0.25, 0.3) is 0 Å². The molecule has 1 aromatic carbocycles. The van der Waals surface area contributed by atoms with Crippen molar-refractivity contribution in [1.29, 1.82) is 0 Å². The quantitative estimate of drug-likeness (QED) is 0.706.